The summed E-state index contributed by atoms with van der Waals surface area (Å²) in [6.45, 7) is 7.62. The molecule has 2 amide bonds. The van der Waals surface area contributed by atoms with E-state index in [4.69, 9.17) is 27.9 Å². The van der Waals surface area contributed by atoms with Gasteiger partial charge in [-0.05, 0) is 63.1 Å². The number of nitrogens with one attached hydrogen (secondary N) is 1. The molecule has 0 radical (unpaired) electrons. The molecule has 5 nitrogen and oxygen atoms in total. The second-order valence-corrected chi connectivity index (χ2v) is 10.6. The molecule has 7 heteroatoms. The van der Waals surface area contributed by atoms with Gasteiger partial charge < -0.3 is 15.0 Å². The molecule has 3 rings (SSSR count). The first-order chi connectivity index (χ1) is 17.0. The lowest BCUT2D eigenvalue weighted by molar-refractivity contribution is -0.143. The molecule has 0 aliphatic carbocycles. The van der Waals surface area contributed by atoms with Gasteiger partial charge in [0.1, 0.15) is 11.8 Å². The average Bonchev–Trinajstić information content (AvgIpc) is 2.81. The van der Waals surface area contributed by atoms with Gasteiger partial charge >= 0.3 is 0 Å². The predicted molar refractivity (Wildman–Crippen MR) is 146 cm³/mol. The minimum absolute atomic E-state index is 0.126. The Hall–Kier alpha value is -3.02. The van der Waals surface area contributed by atoms with Gasteiger partial charge in [0.05, 0.1) is 0 Å². The van der Waals surface area contributed by atoms with Crippen molar-refractivity contribution in [2.75, 3.05) is 6.61 Å². The number of rotatable bonds is 9. The van der Waals surface area contributed by atoms with E-state index < -0.39 is 11.6 Å². The highest BCUT2D eigenvalue weighted by molar-refractivity contribution is 6.35. The standard InChI is InChI=1S/C29H32Cl2N2O3/c1-20-10-14-24(15-11-20)36-19-27(34)33(18-22-12-13-23(30)17-25(22)31)26(28(35)32-29(2,3)4)16-21-8-6-5-7-9-21/h5-15,17,26H,16,18-19H2,1-4H3,(H,32,35)/t26-/m0/s1. The molecule has 1 atom stereocenters. The monoisotopic (exact) mass is 526 g/mol. The number of aryl methyl sites for hydroxylation is 1. The van der Waals surface area contributed by atoms with Gasteiger partial charge in [0, 0.05) is 28.5 Å². The molecule has 0 spiro atoms. The predicted octanol–water partition coefficient (Wildman–Crippen LogP) is 6.24. The molecule has 0 unspecified atom stereocenters. The second kappa shape index (κ2) is 12.3. The Balaban J connectivity index is 1.95. The van der Waals surface area contributed by atoms with Gasteiger partial charge in [-0.1, -0.05) is 77.3 Å². The number of carbonyl (C=O) groups is 2. The van der Waals surface area contributed by atoms with Crippen LogP contribution in [-0.4, -0.2) is 34.9 Å². The summed E-state index contributed by atoms with van der Waals surface area (Å²) in [7, 11) is 0. The van der Waals surface area contributed by atoms with Gasteiger partial charge in [0.15, 0.2) is 6.61 Å². The van der Waals surface area contributed by atoms with E-state index in [1.807, 2.05) is 82.3 Å². The average molecular weight is 527 g/mol. The van der Waals surface area contributed by atoms with E-state index in [0.717, 1.165) is 11.1 Å². The van der Waals surface area contributed by atoms with Crippen LogP contribution in [0.25, 0.3) is 0 Å². The maximum Gasteiger partial charge on any atom is 0.261 e. The summed E-state index contributed by atoms with van der Waals surface area (Å²) in [4.78, 5) is 28.7. The fraction of sp³-hybridized carbons (Fsp3) is 0.310. The summed E-state index contributed by atoms with van der Waals surface area (Å²) in [5.41, 5.74) is 2.24. The number of amides is 2. The molecule has 0 saturated carbocycles. The summed E-state index contributed by atoms with van der Waals surface area (Å²) < 4.78 is 5.79. The molecule has 0 fully saturated rings. The van der Waals surface area contributed by atoms with Crippen LogP contribution in [0.3, 0.4) is 0 Å². The zero-order chi connectivity index (χ0) is 26.3. The Labute approximate surface area is 223 Å². The summed E-state index contributed by atoms with van der Waals surface area (Å²) in [5.74, 6) is 0.00360. The molecule has 190 valence electrons. The Kier molecular flexibility index (Phi) is 9.41. The highest BCUT2D eigenvalue weighted by Crippen LogP contribution is 2.24. The van der Waals surface area contributed by atoms with Crippen LogP contribution in [0.2, 0.25) is 10.0 Å². The minimum Gasteiger partial charge on any atom is -0.484 e. The molecule has 0 aliphatic heterocycles. The highest BCUT2D eigenvalue weighted by atomic mass is 35.5. The highest BCUT2D eigenvalue weighted by Gasteiger charge is 2.32. The molecular weight excluding hydrogens is 495 g/mol. The number of hydrogen-bond donors (Lipinski definition) is 1. The van der Waals surface area contributed by atoms with Gasteiger partial charge in [0.25, 0.3) is 5.91 Å². The molecule has 0 aromatic heterocycles. The van der Waals surface area contributed by atoms with Gasteiger partial charge in [0.2, 0.25) is 5.91 Å². The number of hydrogen-bond acceptors (Lipinski definition) is 3. The van der Waals surface area contributed by atoms with Gasteiger partial charge in [-0.3, -0.25) is 9.59 Å². The number of benzene rings is 3. The van der Waals surface area contributed by atoms with E-state index in [1.54, 1.807) is 18.2 Å². The minimum atomic E-state index is -0.785. The second-order valence-electron chi connectivity index (χ2n) is 9.80. The van der Waals surface area contributed by atoms with Crippen molar-refractivity contribution in [3.8, 4) is 5.75 Å². The van der Waals surface area contributed by atoms with Gasteiger partial charge in [-0.25, -0.2) is 0 Å². The molecule has 3 aromatic carbocycles. The van der Waals surface area contributed by atoms with E-state index >= 15 is 0 Å². The van der Waals surface area contributed by atoms with Crippen LogP contribution in [0.4, 0.5) is 0 Å². The largest absolute Gasteiger partial charge is 0.484 e. The van der Waals surface area contributed by atoms with Crippen molar-refractivity contribution in [2.45, 2.75) is 52.2 Å². The Morgan fingerprint density at radius 1 is 0.972 bits per heavy atom. The van der Waals surface area contributed by atoms with E-state index in [0.29, 0.717) is 27.8 Å². The van der Waals surface area contributed by atoms with E-state index in [9.17, 15) is 9.59 Å². The van der Waals surface area contributed by atoms with Crippen molar-refractivity contribution in [2.24, 2.45) is 0 Å². The number of nitrogens with zero attached hydrogens (tertiary/aromatic N) is 1. The first kappa shape index (κ1) is 27.6. The summed E-state index contributed by atoms with van der Waals surface area (Å²) >= 11 is 12.6. The molecule has 36 heavy (non-hydrogen) atoms. The van der Waals surface area contributed by atoms with E-state index in [2.05, 4.69) is 5.32 Å². The zero-order valence-corrected chi connectivity index (χ0v) is 22.6. The topological polar surface area (TPSA) is 58.6 Å². The Morgan fingerprint density at radius 3 is 2.25 bits per heavy atom. The number of carbonyl (C=O) groups excluding carboxylic acids is 2. The van der Waals surface area contributed by atoms with Crippen LogP contribution in [0, 0.1) is 6.92 Å². The molecule has 0 heterocycles. The van der Waals surface area contributed by atoms with Crippen molar-refractivity contribution in [3.63, 3.8) is 0 Å². The Bertz CT molecular complexity index is 1180. The van der Waals surface area contributed by atoms with Crippen molar-refractivity contribution < 1.29 is 14.3 Å². The fourth-order valence-electron chi connectivity index (χ4n) is 3.70. The first-order valence-electron chi connectivity index (χ1n) is 11.8. The van der Waals surface area contributed by atoms with Gasteiger partial charge in [-0.15, -0.1) is 0 Å². The van der Waals surface area contributed by atoms with Crippen LogP contribution in [0.15, 0.2) is 72.8 Å². The third-order valence-electron chi connectivity index (χ3n) is 5.51. The van der Waals surface area contributed by atoms with Crippen molar-refractivity contribution in [1.82, 2.24) is 10.2 Å². The molecule has 1 N–H and O–H groups in total. The first-order valence-corrected chi connectivity index (χ1v) is 12.6. The summed E-state index contributed by atoms with van der Waals surface area (Å²) in [5, 5.41) is 3.96. The molecule has 0 saturated heterocycles. The zero-order valence-electron chi connectivity index (χ0n) is 21.1. The van der Waals surface area contributed by atoms with E-state index in [-0.39, 0.29) is 25.0 Å². The smallest absolute Gasteiger partial charge is 0.261 e. The lowest BCUT2D eigenvalue weighted by atomic mass is 10.0. The van der Waals surface area contributed by atoms with Crippen LogP contribution in [0.1, 0.15) is 37.5 Å². The van der Waals surface area contributed by atoms with Crippen molar-refractivity contribution in [1.29, 1.82) is 0 Å². The van der Waals surface area contributed by atoms with Crippen LogP contribution < -0.4 is 10.1 Å². The van der Waals surface area contributed by atoms with Crippen LogP contribution in [-0.2, 0) is 22.6 Å². The molecular formula is C29H32Cl2N2O3. The summed E-state index contributed by atoms with van der Waals surface area (Å²) in [6, 6.07) is 21.4. The van der Waals surface area contributed by atoms with Gasteiger partial charge in [-0.2, -0.15) is 0 Å². The lowest BCUT2D eigenvalue weighted by Gasteiger charge is -2.34. The number of halogens is 2. The summed E-state index contributed by atoms with van der Waals surface area (Å²) in [6.07, 6.45) is 0.338. The Morgan fingerprint density at radius 2 is 1.64 bits per heavy atom. The maximum atomic E-state index is 13.6. The van der Waals surface area contributed by atoms with E-state index in [1.165, 1.54) is 4.90 Å². The third-order valence-corrected chi connectivity index (χ3v) is 6.10. The van der Waals surface area contributed by atoms with Crippen molar-refractivity contribution in [3.05, 3.63) is 99.5 Å². The molecule has 0 bridgehead atoms. The quantitative estimate of drug-likeness (QED) is 0.359. The normalized spacial score (nSPS) is 12.1. The maximum absolute atomic E-state index is 13.6. The third kappa shape index (κ3) is 8.28. The van der Waals surface area contributed by atoms with Crippen molar-refractivity contribution >= 4 is 35.0 Å². The SMILES string of the molecule is Cc1ccc(OCC(=O)N(Cc2ccc(Cl)cc2Cl)[C@@H](Cc2ccccc2)C(=O)NC(C)(C)C)cc1. The van der Waals surface area contributed by atoms with Crippen LogP contribution >= 0.6 is 23.2 Å². The number of ether oxygens (including phenoxy) is 1. The van der Waals surface area contributed by atoms with Crippen LogP contribution in [0.5, 0.6) is 5.75 Å². The lowest BCUT2D eigenvalue weighted by Crippen LogP contribution is -2.55. The molecule has 0 aliphatic rings. The molecule has 3 aromatic rings. The fourth-order valence-corrected chi connectivity index (χ4v) is 4.17.